The minimum absolute atomic E-state index is 0.104. The minimum Gasteiger partial charge on any atom is -0.489 e. The Morgan fingerprint density at radius 1 is 1.09 bits per heavy atom. The number of aryl methyl sites for hydroxylation is 2. The first-order valence-electron chi connectivity index (χ1n) is 12.6. The van der Waals surface area contributed by atoms with Crippen molar-refractivity contribution in [1.29, 1.82) is 0 Å². The summed E-state index contributed by atoms with van der Waals surface area (Å²) in [6.45, 7) is 9.06. The van der Waals surface area contributed by atoms with Crippen LogP contribution >= 0.6 is 0 Å². The summed E-state index contributed by atoms with van der Waals surface area (Å²) in [5.41, 5.74) is 4.88. The molecule has 1 aliphatic carbocycles. The first kappa shape index (κ1) is 24.4. The quantitative estimate of drug-likeness (QED) is 0.422. The normalized spacial score (nSPS) is 19.1. The average molecular weight is 461 g/mol. The Morgan fingerprint density at radius 2 is 1.76 bits per heavy atom. The molecule has 2 aliphatic rings. The molecule has 2 aromatic carbocycles. The van der Waals surface area contributed by atoms with Crippen LogP contribution in [0.3, 0.4) is 0 Å². The van der Waals surface area contributed by atoms with E-state index in [0.29, 0.717) is 13.0 Å². The zero-order chi connectivity index (χ0) is 24.3. The second-order valence-electron chi connectivity index (χ2n) is 9.90. The average Bonchev–Trinajstić information content (AvgIpc) is 3.23. The van der Waals surface area contributed by atoms with Gasteiger partial charge in [0, 0.05) is 17.4 Å². The monoisotopic (exact) mass is 460 g/mol. The van der Waals surface area contributed by atoms with E-state index in [2.05, 4.69) is 69.9 Å². The van der Waals surface area contributed by atoms with Crippen molar-refractivity contribution in [1.82, 2.24) is 0 Å². The van der Waals surface area contributed by atoms with Gasteiger partial charge in [-0.1, -0.05) is 50.0 Å². The highest BCUT2D eigenvalue weighted by molar-refractivity contribution is 5.71. The van der Waals surface area contributed by atoms with Gasteiger partial charge in [-0.05, 0) is 86.8 Å². The van der Waals surface area contributed by atoms with E-state index in [0.717, 1.165) is 61.0 Å². The van der Waals surface area contributed by atoms with Gasteiger partial charge in [0.2, 0.25) is 0 Å². The summed E-state index contributed by atoms with van der Waals surface area (Å²) in [7, 11) is 0. The van der Waals surface area contributed by atoms with Crippen molar-refractivity contribution in [3.05, 3.63) is 64.2 Å². The Morgan fingerprint density at radius 3 is 2.29 bits per heavy atom. The van der Waals surface area contributed by atoms with Gasteiger partial charge in [-0.3, -0.25) is 4.79 Å². The number of cyclic esters (lactones) is 1. The predicted molar refractivity (Wildman–Crippen MR) is 134 cm³/mol. The van der Waals surface area contributed by atoms with Crippen LogP contribution in [0.5, 0.6) is 5.75 Å². The van der Waals surface area contributed by atoms with E-state index < -0.39 is 5.60 Å². The van der Waals surface area contributed by atoms with Gasteiger partial charge in [0.05, 0.1) is 0 Å². The molecule has 4 heteroatoms. The molecule has 1 saturated heterocycles. The van der Waals surface area contributed by atoms with Crippen molar-refractivity contribution in [3.63, 3.8) is 0 Å². The molecule has 180 valence electrons. The van der Waals surface area contributed by atoms with Gasteiger partial charge in [0.25, 0.3) is 0 Å². The number of rotatable bonds is 7. The lowest BCUT2D eigenvalue weighted by atomic mass is 9.70. The fourth-order valence-corrected chi connectivity index (χ4v) is 5.15. The number of hydrogen-bond donors (Lipinski definition) is 1. The number of hydrogen-bond acceptors (Lipinski definition) is 4. The van der Waals surface area contributed by atoms with Crippen molar-refractivity contribution >= 4 is 5.97 Å². The van der Waals surface area contributed by atoms with Gasteiger partial charge in [-0.15, -0.1) is 0 Å². The molecule has 1 heterocycles. The third kappa shape index (κ3) is 4.86. The highest BCUT2D eigenvalue weighted by atomic mass is 16.6. The van der Waals surface area contributed by atoms with E-state index in [9.17, 15) is 9.90 Å². The van der Waals surface area contributed by atoms with Crippen LogP contribution in [0.4, 0.5) is 0 Å². The molecule has 4 rings (SSSR count). The topological polar surface area (TPSA) is 55.8 Å². The van der Waals surface area contributed by atoms with Gasteiger partial charge in [-0.2, -0.15) is 0 Å². The summed E-state index contributed by atoms with van der Waals surface area (Å²) in [6, 6.07) is 13.0. The number of esters is 1. The first-order valence-corrected chi connectivity index (χ1v) is 12.6. The van der Waals surface area contributed by atoms with E-state index in [1.54, 1.807) is 0 Å². The maximum atomic E-state index is 11.3. The molecule has 0 amide bonds. The molecule has 1 aliphatic heterocycles. The standard InChI is InChI=1S/C30H36O4/c1-5-30(6-2,24-9-8-23(21(3)18-24)14-17-29(32)15-7-16-29)25-10-12-27(22(4)19-25)33-20-26-11-13-28(31)34-26/h8-10,12,18-19,26,32H,5-7,11,13,15-16,20H2,1-4H3/t26-/m0/s1. The lowest BCUT2D eigenvalue weighted by Gasteiger charge is -2.34. The Hall–Kier alpha value is -2.77. The van der Waals surface area contributed by atoms with Crippen LogP contribution < -0.4 is 4.74 Å². The number of carbonyl (C=O) groups is 1. The van der Waals surface area contributed by atoms with Crippen molar-refractivity contribution in [2.24, 2.45) is 0 Å². The van der Waals surface area contributed by atoms with Crippen molar-refractivity contribution in [2.45, 2.75) is 89.8 Å². The number of carbonyl (C=O) groups excluding carboxylic acids is 1. The molecule has 0 bridgehead atoms. The van der Waals surface area contributed by atoms with Crippen LogP contribution in [0.1, 0.15) is 86.6 Å². The summed E-state index contributed by atoms with van der Waals surface area (Å²) in [5.74, 6) is 7.00. The fraction of sp³-hybridized carbons (Fsp3) is 0.500. The van der Waals surface area contributed by atoms with Gasteiger partial charge < -0.3 is 14.6 Å². The van der Waals surface area contributed by atoms with Gasteiger partial charge in [-0.25, -0.2) is 0 Å². The Bertz CT molecular complexity index is 1110. The van der Waals surface area contributed by atoms with Crippen molar-refractivity contribution in [3.8, 4) is 17.6 Å². The zero-order valence-corrected chi connectivity index (χ0v) is 20.9. The van der Waals surface area contributed by atoms with E-state index >= 15 is 0 Å². The number of ether oxygens (including phenoxy) is 2. The third-order valence-electron chi connectivity index (χ3n) is 7.72. The molecule has 4 nitrogen and oxygen atoms in total. The molecule has 1 saturated carbocycles. The van der Waals surface area contributed by atoms with Crippen LogP contribution in [-0.4, -0.2) is 29.4 Å². The summed E-state index contributed by atoms with van der Waals surface area (Å²) < 4.78 is 11.3. The van der Waals surface area contributed by atoms with Crippen LogP contribution in [0.25, 0.3) is 0 Å². The van der Waals surface area contributed by atoms with Crippen LogP contribution in [0.15, 0.2) is 36.4 Å². The predicted octanol–water partition coefficient (Wildman–Crippen LogP) is 5.76. The molecule has 0 spiro atoms. The summed E-state index contributed by atoms with van der Waals surface area (Å²) in [5, 5.41) is 10.3. The lowest BCUT2D eigenvalue weighted by molar-refractivity contribution is -0.142. The molecule has 1 N–H and O–H groups in total. The molecular formula is C30H36O4. The Kier molecular flexibility index (Phi) is 7.05. The molecule has 1 atom stereocenters. The van der Waals surface area contributed by atoms with Gasteiger partial charge in [0.15, 0.2) is 0 Å². The highest BCUT2D eigenvalue weighted by Crippen LogP contribution is 2.41. The van der Waals surface area contributed by atoms with Crippen molar-refractivity contribution in [2.75, 3.05) is 6.61 Å². The van der Waals surface area contributed by atoms with Crippen molar-refractivity contribution < 1.29 is 19.4 Å². The van der Waals surface area contributed by atoms with Gasteiger partial charge >= 0.3 is 5.97 Å². The van der Waals surface area contributed by atoms with E-state index in [1.165, 1.54) is 11.1 Å². The lowest BCUT2D eigenvalue weighted by Crippen LogP contribution is -2.34. The van der Waals surface area contributed by atoms with Gasteiger partial charge in [0.1, 0.15) is 24.1 Å². The van der Waals surface area contributed by atoms with E-state index in [4.69, 9.17) is 9.47 Å². The van der Waals surface area contributed by atoms with Crippen LogP contribution in [0.2, 0.25) is 0 Å². The Balaban J connectivity index is 1.57. The molecule has 2 fully saturated rings. The summed E-state index contributed by atoms with van der Waals surface area (Å²) in [4.78, 5) is 11.3. The molecule has 0 aromatic heterocycles. The first-order chi connectivity index (χ1) is 16.3. The fourth-order valence-electron chi connectivity index (χ4n) is 5.15. The summed E-state index contributed by atoms with van der Waals surface area (Å²) >= 11 is 0. The molecule has 0 unspecified atom stereocenters. The molecular weight excluding hydrogens is 424 g/mol. The molecule has 2 aromatic rings. The molecule has 34 heavy (non-hydrogen) atoms. The largest absolute Gasteiger partial charge is 0.489 e. The highest BCUT2D eigenvalue weighted by Gasteiger charge is 2.33. The van der Waals surface area contributed by atoms with Crippen LogP contribution in [0, 0.1) is 25.7 Å². The van der Waals surface area contributed by atoms with Crippen LogP contribution in [-0.2, 0) is 14.9 Å². The SMILES string of the molecule is CCC(CC)(c1ccc(C#CC2(O)CCC2)c(C)c1)c1ccc(OC[C@@H]2CCC(=O)O2)c(C)c1. The minimum atomic E-state index is -0.789. The number of benzene rings is 2. The summed E-state index contributed by atoms with van der Waals surface area (Å²) in [6.07, 6.45) is 5.61. The Labute approximate surface area is 203 Å². The number of aliphatic hydroxyl groups is 1. The maximum absolute atomic E-state index is 11.3. The molecule has 0 radical (unpaired) electrons. The van der Waals surface area contributed by atoms with E-state index in [1.807, 2.05) is 6.07 Å². The second-order valence-corrected chi connectivity index (χ2v) is 9.90. The third-order valence-corrected chi connectivity index (χ3v) is 7.72. The second kappa shape index (κ2) is 9.84. The zero-order valence-electron chi connectivity index (χ0n) is 20.9. The van der Waals surface area contributed by atoms with E-state index in [-0.39, 0.29) is 17.5 Å². The maximum Gasteiger partial charge on any atom is 0.306 e. The smallest absolute Gasteiger partial charge is 0.306 e.